The lowest BCUT2D eigenvalue weighted by Gasteiger charge is -2.08. The molecule has 24 heavy (non-hydrogen) atoms. The molecule has 0 amide bonds. The van der Waals surface area contributed by atoms with Crippen LogP contribution in [0.1, 0.15) is 17.5 Å². The first-order chi connectivity index (χ1) is 11.7. The maximum Gasteiger partial charge on any atom is 0.214 e. The predicted molar refractivity (Wildman–Crippen MR) is 95.9 cm³/mol. The van der Waals surface area contributed by atoms with E-state index < -0.39 is 0 Å². The number of rotatable bonds is 7. The SMILES string of the molecule is Cc1cc(C)cc(OCCCSc2nnnn2-c2ccccc2)c1. The minimum absolute atomic E-state index is 0.683. The fraction of sp³-hybridized carbons (Fsp3) is 0.278. The van der Waals surface area contributed by atoms with Gasteiger partial charge in [0.05, 0.1) is 12.3 Å². The van der Waals surface area contributed by atoms with E-state index >= 15 is 0 Å². The van der Waals surface area contributed by atoms with Crippen molar-refractivity contribution in [2.24, 2.45) is 0 Å². The lowest BCUT2D eigenvalue weighted by atomic mass is 10.1. The van der Waals surface area contributed by atoms with Crippen LogP contribution in [0.4, 0.5) is 0 Å². The van der Waals surface area contributed by atoms with E-state index in [0.717, 1.165) is 28.8 Å². The molecule has 0 atom stereocenters. The Morgan fingerprint density at radius 1 is 1.04 bits per heavy atom. The first-order valence-electron chi connectivity index (χ1n) is 7.90. The van der Waals surface area contributed by atoms with Gasteiger partial charge in [0.1, 0.15) is 5.75 Å². The molecule has 6 heteroatoms. The summed E-state index contributed by atoms with van der Waals surface area (Å²) in [6.07, 6.45) is 0.930. The van der Waals surface area contributed by atoms with E-state index in [0.29, 0.717) is 6.61 Å². The standard InChI is InChI=1S/C18H20N4OS/c1-14-11-15(2)13-17(12-14)23-9-6-10-24-18-19-20-21-22(18)16-7-4-3-5-8-16/h3-5,7-8,11-13H,6,9-10H2,1-2H3. The summed E-state index contributed by atoms with van der Waals surface area (Å²) in [5.74, 6) is 1.84. The van der Waals surface area contributed by atoms with Crippen molar-refractivity contribution in [2.45, 2.75) is 25.4 Å². The smallest absolute Gasteiger partial charge is 0.214 e. The van der Waals surface area contributed by atoms with Crippen molar-refractivity contribution in [2.75, 3.05) is 12.4 Å². The third-order valence-corrected chi connectivity index (χ3v) is 4.43. The van der Waals surface area contributed by atoms with Crippen LogP contribution in [0.5, 0.6) is 5.75 Å². The van der Waals surface area contributed by atoms with Crippen LogP contribution >= 0.6 is 11.8 Å². The number of hydrogen-bond acceptors (Lipinski definition) is 5. The van der Waals surface area contributed by atoms with Crippen LogP contribution in [0.15, 0.2) is 53.7 Å². The van der Waals surface area contributed by atoms with Crippen LogP contribution in [0.3, 0.4) is 0 Å². The van der Waals surface area contributed by atoms with E-state index in [4.69, 9.17) is 4.74 Å². The van der Waals surface area contributed by atoms with E-state index in [9.17, 15) is 0 Å². The molecular weight excluding hydrogens is 320 g/mol. The highest BCUT2D eigenvalue weighted by Gasteiger charge is 2.08. The zero-order valence-electron chi connectivity index (χ0n) is 13.8. The summed E-state index contributed by atoms with van der Waals surface area (Å²) in [7, 11) is 0. The molecule has 1 aromatic heterocycles. The van der Waals surface area contributed by atoms with Crippen LogP contribution in [0.25, 0.3) is 5.69 Å². The lowest BCUT2D eigenvalue weighted by molar-refractivity contribution is 0.318. The van der Waals surface area contributed by atoms with Crippen molar-refractivity contribution in [1.29, 1.82) is 0 Å². The largest absolute Gasteiger partial charge is 0.494 e. The number of aryl methyl sites for hydroxylation is 2. The summed E-state index contributed by atoms with van der Waals surface area (Å²) in [5, 5.41) is 12.7. The van der Waals surface area contributed by atoms with Gasteiger partial charge < -0.3 is 4.74 Å². The number of thioether (sulfide) groups is 1. The van der Waals surface area contributed by atoms with E-state index in [2.05, 4.69) is 47.6 Å². The van der Waals surface area contributed by atoms with E-state index in [-0.39, 0.29) is 0 Å². The van der Waals surface area contributed by atoms with Crippen LogP contribution < -0.4 is 4.74 Å². The van der Waals surface area contributed by atoms with Crippen molar-refractivity contribution in [1.82, 2.24) is 20.2 Å². The molecule has 0 aliphatic heterocycles. The molecule has 0 fully saturated rings. The van der Waals surface area contributed by atoms with Gasteiger partial charge in [-0.25, -0.2) is 0 Å². The topological polar surface area (TPSA) is 52.8 Å². The quantitative estimate of drug-likeness (QED) is 0.483. The molecule has 5 nitrogen and oxygen atoms in total. The maximum absolute atomic E-state index is 5.83. The second-order valence-electron chi connectivity index (χ2n) is 5.58. The zero-order chi connectivity index (χ0) is 16.8. The number of tetrazole rings is 1. The molecule has 0 saturated carbocycles. The van der Waals surface area contributed by atoms with Gasteiger partial charge in [0, 0.05) is 5.75 Å². The summed E-state index contributed by atoms with van der Waals surface area (Å²) in [6.45, 7) is 4.85. The number of nitrogens with zero attached hydrogens (tertiary/aromatic N) is 4. The molecular formula is C18H20N4OS. The molecule has 0 saturated heterocycles. The molecule has 1 heterocycles. The highest BCUT2D eigenvalue weighted by Crippen LogP contribution is 2.20. The maximum atomic E-state index is 5.83. The van der Waals surface area contributed by atoms with Crippen molar-refractivity contribution >= 4 is 11.8 Å². The number of ether oxygens (including phenoxy) is 1. The van der Waals surface area contributed by atoms with Gasteiger partial charge in [-0.3, -0.25) is 0 Å². The normalized spacial score (nSPS) is 10.8. The Morgan fingerprint density at radius 2 is 1.79 bits per heavy atom. The molecule has 0 aliphatic rings. The summed E-state index contributed by atoms with van der Waals surface area (Å²) >= 11 is 1.64. The molecule has 0 N–H and O–H groups in total. The third kappa shape index (κ3) is 4.35. The molecule has 0 spiro atoms. The molecule has 0 bridgehead atoms. The van der Waals surface area contributed by atoms with Gasteiger partial charge in [-0.1, -0.05) is 36.0 Å². The molecule has 3 aromatic rings. The summed E-state index contributed by atoms with van der Waals surface area (Å²) in [4.78, 5) is 0. The Labute approximate surface area is 146 Å². The number of hydrogen-bond donors (Lipinski definition) is 0. The average molecular weight is 340 g/mol. The predicted octanol–water partition coefficient (Wildman–Crippen LogP) is 3.84. The second kappa shape index (κ2) is 7.97. The fourth-order valence-corrected chi connectivity index (χ4v) is 3.23. The lowest BCUT2D eigenvalue weighted by Crippen LogP contribution is -2.01. The minimum Gasteiger partial charge on any atom is -0.494 e. The summed E-state index contributed by atoms with van der Waals surface area (Å²) < 4.78 is 7.59. The Kier molecular flexibility index (Phi) is 5.48. The monoisotopic (exact) mass is 340 g/mol. The first kappa shape index (κ1) is 16.5. The van der Waals surface area contributed by atoms with Crippen LogP contribution in [-0.2, 0) is 0 Å². The molecule has 2 aromatic carbocycles. The summed E-state index contributed by atoms with van der Waals surface area (Å²) in [5.41, 5.74) is 3.42. The van der Waals surface area contributed by atoms with Gasteiger partial charge in [0.2, 0.25) is 5.16 Å². The van der Waals surface area contributed by atoms with Crippen LogP contribution in [-0.4, -0.2) is 32.6 Å². The third-order valence-electron chi connectivity index (χ3n) is 3.43. The van der Waals surface area contributed by atoms with E-state index in [1.54, 1.807) is 16.4 Å². The molecule has 3 rings (SSSR count). The Bertz CT molecular complexity index is 768. The van der Waals surface area contributed by atoms with E-state index in [1.807, 2.05) is 30.3 Å². The van der Waals surface area contributed by atoms with Gasteiger partial charge in [-0.15, -0.1) is 5.10 Å². The van der Waals surface area contributed by atoms with Crippen molar-refractivity contribution in [3.8, 4) is 11.4 Å². The fourth-order valence-electron chi connectivity index (χ4n) is 2.43. The molecule has 124 valence electrons. The Balaban J connectivity index is 1.48. The zero-order valence-corrected chi connectivity index (χ0v) is 14.7. The average Bonchev–Trinajstić information content (AvgIpc) is 3.03. The molecule has 0 aliphatic carbocycles. The number of aromatic nitrogens is 4. The van der Waals surface area contributed by atoms with Gasteiger partial charge >= 0.3 is 0 Å². The first-order valence-corrected chi connectivity index (χ1v) is 8.88. The van der Waals surface area contributed by atoms with Gasteiger partial charge in [0.25, 0.3) is 0 Å². The van der Waals surface area contributed by atoms with Crippen molar-refractivity contribution in [3.63, 3.8) is 0 Å². The second-order valence-corrected chi connectivity index (χ2v) is 6.64. The Hall–Kier alpha value is -2.34. The number of para-hydroxylation sites is 1. The number of benzene rings is 2. The molecule has 0 unspecified atom stereocenters. The molecule has 0 radical (unpaired) electrons. The van der Waals surface area contributed by atoms with Gasteiger partial charge in [-0.2, -0.15) is 4.68 Å². The van der Waals surface area contributed by atoms with Gasteiger partial charge in [0.15, 0.2) is 0 Å². The highest BCUT2D eigenvalue weighted by molar-refractivity contribution is 7.99. The van der Waals surface area contributed by atoms with Crippen LogP contribution in [0.2, 0.25) is 0 Å². The van der Waals surface area contributed by atoms with Crippen molar-refractivity contribution in [3.05, 3.63) is 59.7 Å². The van der Waals surface area contributed by atoms with E-state index in [1.165, 1.54) is 11.1 Å². The van der Waals surface area contributed by atoms with Gasteiger partial charge in [-0.05, 0) is 66.1 Å². The minimum atomic E-state index is 0.683. The highest BCUT2D eigenvalue weighted by atomic mass is 32.2. The van der Waals surface area contributed by atoms with Crippen LogP contribution in [0, 0.1) is 13.8 Å². The van der Waals surface area contributed by atoms with Crippen molar-refractivity contribution < 1.29 is 4.74 Å². The Morgan fingerprint density at radius 3 is 2.54 bits per heavy atom. The summed E-state index contributed by atoms with van der Waals surface area (Å²) in [6, 6.07) is 16.2.